The van der Waals surface area contributed by atoms with E-state index in [-0.39, 0.29) is 45.9 Å². The highest BCUT2D eigenvalue weighted by Gasteiger charge is 2.27. The molecule has 13 nitrogen and oxygen atoms in total. The van der Waals surface area contributed by atoms with Crippen LogP contribution in [-0.4, -0.2) is 53.2 Å². The molecule has 0 radical (unpaired) electrons. The molecule has 0 bridgehead atoms. The van der Waals surface area contributed by atoms with Crippen molar-refractivity contribution in [1.29, 1.82) is 0 Å². The quantitative estimate of drug-likeness (QED) is 0.116. The highest BCUT2D eigenvalue weighted by Crippen LogP contribution is 2.22. The number of amides is 2. The summed E-state index contributed by atoms with van der Waals surface area (Å²) < 4.78 is 4.47. The number of hydrogen-bond donors (Lipinski definition) is 3. The summed E-state index contributed by atoms with van der Waals surface area (Å²) in [4.78, 5) is 64.2. The first-order valence-corrected chi connectivity index (χ1v) is 20.3. The van der Waals surface area contributed by atoms with Gasteiger partial charge in [-0.15, -0.1) is 0 Å². The van der Waals surface area contributed by atoms with Crippen molar-refractivity contribution in [2.24, 2.45) is 0 Å². The van der Waals surface area contributed by atoms with E-state index in [9.17, 15) is 24.4 Å². The molecule has 63 heavy (non-hydrogen) atoms. The predicted molar refractivity (Wildman–Crippen MR) is 236 cm³/mol. The Balaban J connectivity index is 0.000000160. The van der Waals surface area contributed by atoms with Gasteiger partial charge in [0, 0.05) is 88.1 Å². The molecule has 0 unspecified atom stereocenters. The first-order chi connectivity index (χ1) is 30.8. The van der Waals surface area contributed by atoms with Gasteiger partial charge in [0.1, 0.15) is 22.4 Å². The van der Waals surface area contributed by atoms with Gasteiger partial charge in [-0.1, -0.05) is 35.8 Å². The molecule has 306 valence electrons. The maximum absolute atomic E-state index is 13.0. The number of aromatic nitrogens is 6. The lowest BCUT2D eigenvalue weighted by Crippen LogP contribution is -2.31. The average molecular weight is 830 g/mol. The van der Waals surface area contributed by atoms with Gasteiger partial charge in [-0.05, 0) is 105 Å². The van der Waals surface area contributed by atoms with E-state index in [4.69, 9.17) is 0 Å². The molecule has 10 rings (SSSR count). The molecule has 3 N–H and O–H groups in total. The molecule has 0 saturated heterocycles. The van der Waals surface area contributed by atoms with Gasteiger partial charge in [0.25, 0.3) is 11.8 Å². The lowest BCUT2D eigenvalue weighted by atomic mass is 10.1. The van der Waals surface area contributed by atoms with Crippen LogP contribution in [0.4, 0.5) is 0 Å². The molecule has 2 saturated carbocycles. The van der Waals surface area contributed by atoms with Crippen molar-refractivity contribution in [2.45, 2.75) is 37.8 Å². The highest BCUT2D eigenvalue weighted by atomic mass is 16.5. The van der Waals surface area contributed by atoms with Gasteiger partial charge in [-0.25, -0.2) is 9.97 Å². The summed E-state index contributed by atoms with van der Waals surface area (Å²) in [6, 6.07) is 29.4. The Kier molecular flexibility index (Phi) is 11.0. The fraction of sp³-hybridized carbons (Fsp3) is 0.120. The molecule has 2 aliphatic carbocycles. The molecule has 2 fully saturated rings. The van der Waals surface area contributed by atoms with Crippen LogP contribution in [0.1, 0.15) is 68.7 Å². The maximum atomic E-state index is 13.0. The van der Waals surface area contributed by atoms with Gasteiger partial charge < -0.3 is 19.8 Å². The Labute approximate surface area is 360 Å². The van der Waals surface area contributed by atoms with Crippen LogP contribution in [0.5, 0.6) is 0 Å². The smallest absolute Gasteiger partial charge is 0.257 e. The van der Waals surface area contributed by atoms with E-state index >= 15 is 0 Å². The van der Waals surface area contributed by atoms with Gasteiger partial charge in [-0.2, -0.15) is 0 Å². The second-order valence-corrected chi connectivity index (χ2v) is 15.0. The van der Waals surface area contributed by atoms with Gasteiger partial charge in [0.05, 0.1) is 16.3 Å². The van der Waals surface area contributed by atoms with E-state index in [1.807, 2.05) is 60.7 Å². The minimum absolute atomic E-state index is 0.0886. The van der Waals surface area contributed by atoms with Gasteiger partial charge >= 0.3 is 0 Å². The molecule has 8 aromatic rings. The van der Waals surface area contributed by atoms with Crippen molar-refractivity contribution in [3.63, 3.8) is 0 Å². The molecule has 0 aliphatic heterocycles. The van der Waals surface area contributed by atoms with Crippen LogP contribution in [0.15, 0.2) is 156 Å². The van der Waals surface area contributed by atoms with Crippen LogP contribution in [0.3, 0.4) is 0 Å². The van der Waals surface area contributed by atoms with Crippen molar-refractivity contribution in [2.75, 3.05) is 0 Å². The second-order valence-electron chi connectivity index (χ2n) is 15.0. The van der Waals surface area contributed by atoms with Crippen LogP contribution in [-0.2, 0) is 0 Å². The molecule has 0 atom stereocenters. The number of nitrogens with zero attached hydrogens (tertiary/aromatic N) is 6. The Bertz CT molecular complexity index is 3330. The molecular weight excluding hydrogens is 793 g/mol. The van der Waals surface area contributed by atoms with E-state index < -0.39 is 0 Å². The third-order valence-corrected chi connectivity index (χ3v) is 10.2. The van der Waals surface area contributed by atoms with Crippen LogP contribution < -0.4 is 26.2 Å². The van der Waals surface area contributed by atoms with Gasteiger partial charge in [-0.3, -0.25) is 29.4 Å². The molecular formula is C50H37N8O5+. The molecule has 2 aliphatic rings. The van der Waals surface area contributed by atoms with Crippen molar-refractivity contribution < 1.29 is 19.5 Å². The Hall–Kier alpha value is -8.68. The third kappa shape index (κ3) is 9.23. The molecule has 6 aromatic heterocycles. The minimum Gasteiger partial charge on any atom is -0.349 e. The zero-order chi connectivity index (χ0) is 43.3. The van der Waals surface area contributed by atoms with Crippen LogP contribution >= 0.6 is 0 Å². The van der Waals surface area contributed by atoms with E-state index in [1.54, 1.807) is 82.7 Å². The number of nitrogens with one attached hydrogen (secondary N) is 2. The summed E-state index contributed by atoms with van der Waals surface area (Å²) in [6.07, 6.45) is 16.6. The number of fused-ring (bicyclic) bond motifs is 2. The second kappa shape index (κ2) is 17.5. The van der Waals surface area contributed by atoms with Crippen molar-refractivity contribution in [3.8, 4) is 35.1 Å². The van der Waals surface area contributed by atoms with Crippen LogP contribution in [0, 0.1) is 23.7 Å². The lowest BCUT2D eigenvalue weighted by Gasteiger charge is -2.13. The van der Waals surface area contributed by atoms with E-state index in [1.165, 1.54) is 12.4 Å². The summed E-state index contributed by atoms with van der Waals surface area (Å²) in [7, 11) is 0. The third-order valence-electron chi connectivity index (χ3n) is 10.2. The van der Waals surface area contributed by atoms with E-state index in [0.717, 1.165) is 58.5 Å². The number of benzene rings is 2. The van der Waals surface area contributed by atoms with Crippen molar-refractivity contribution in [3.05, 3.63) is 200 Å². The van der Waals surface area contributed by atoms with E-state index in [2.05, 4.69) is 49.3 Å². The normalized spacial score (nSPS) is 12.8. The van der Waals surface area contributed by atoms with Crippen molar-refractivity contribution in [1.82, 2.24) is 34.7 Å². The number of pyridine rings is 6. The Morgan fingerprint density at radius 3 is 1.57 bits per heavy atom. The first-order valence-electron chi connectivity index (χ1n) is 20.3. The maximum Gasteiger partial charge on any atom is 0.257 e. The van der Waals surface area contributed by atoms with Crippen LogP contribution in [0.2, 0.25) is 0 Å². The number of hydrogen-bond acceptors (Lipinski definition) is 8. The van der Waals surface area contributed by atoms with Gasteiger partial charge in [0.15, 0.2) is 0 Å². The highest BCUT2D eigenvalue weighted by molar-refractivity contribution is 5.98. The zero-order valence-electron chi connectivity index (χ0n) is 33.6. The Morgan fingerprint density at radius 2 is 1.08 bits per heavy atom. The largest absolute Gasteiger partial charge is 0.349 e. The molecule has 6 heterocycles. The molecule has 0 spiro atoms. The minimum atomic E-state index is -0.366. The first kappa shape index (κ1) is 39.8. The standard InChI is InChI=1S/C25H18N4O3.C25H18N4O2/c30-23-21-7-2-12-26-24(21)29(16-22(23)25(31)27-19-10-11-19)20-6-1-4-17(14-20)8-9-18-5-3-13-28(32)15-18;30-23-21-7-3-13-27-24(21)29(16-22(23)25(31)28-19-10-11-19)20-6-1-4-17(14-20)8-9-18-5-2-12-26-15-18/h1-7,12-16,19H,10-11H2,(H-,27,31,32);1-7,12-16,19H,10-11H2,(H,28,31)/p+1. The summed E-state index contributed by atoms with van der Waals surface area (Å²) in [5.41, 5.74) is 5.03. The van der Waals surface area contributed by atoms with Crippen LogP contribution in [0.25, 0.3) is 33.4 Å². The Morgan fingerprint density at radius 1 is 0.603 bits per heavy atom. The monoisotopic (exact) mass is 829 g/mol. The number of carbonyl (C=O) groups is 2. The summed E-state index contributed by atoms with van der Waals surface area (Å²) in [5.74, 6) is 11.6. The SMILES string of the molecule is O=C(NC1CC1)c1cn(-c2cccc(C#Cc3ccc[n+](O)c3)c2)c2ncccc2c1=O.O=C(NC1CC1)c1cn(-c2cccc(C#Cc3cccnc3)c2)c2ncccc2c1=O. The summed E-state index contributed by atoms with van der Waals surface area (Å²) in [5, 5.41) is 16.1. The number of carbonyl (C=O) groups excluding carboxylic acids is 2. The van der Waals surface area contributed by atoms with E-state index in [0.29, 0.717) is 27.6 Å². The molecule has 13 heteroatoms. The summed E-state index contributed by atoms with van der Waals surface area (Å²) >= 11 is 0. The topological polar surface area (TPSA) is 165 Å². The predicted octanol–water partition coefficient (Wildman–Crippen LogP) is 5.28. The average Bonchev–Trinajstić information content (AvgIpc) is 4.27. The lowest BCUT2D eigenvalue weighted by molar-refractivity contribution is -0.904. The van der Waals surface area contributed by atoms with Gasteiger partial charge in [0.2, 0.25) is 23.3 Å². The molecule has 2 amide bonds. The summed E-state index contributed by atoms with van der Waals surface area (Å²) in [6.45, 7) is 0. The molecule has 2 aromatic carbocycles. The number of rotatable bonds is 6. The zero-order valence-corrected chi connectivity index (χ0v) is 33.6. The fourth-order valence-electron chi connectivity index (χ4n) is 6.75. The van der Waals surface area contributed by atoms with Crippen molar-refractivity contribution >= 4 is 33.9 Å². The fourth-order valence-corrected chi connectivity index (χ4v) is 6.75.